The number of nitrogens with two attached hydrogens (primary N) is 1. The topological polar surface area (TPSA) is 104 Å². The molecule has 1 heterocycles. The fourth-order valence-electron chi connectivity index (χ4n) is 0.984. The van der Waals surface area contributed by atoms with Gasteiger partial charge in [-0.15, -0.1) is 0 Å². The molecule has 1 saturated heterocycles. The van der Waals surface area contributed by atoms with Gasteiger partial charge in [0.1, 0.15) is 6.04 Å². The van der Waals surface area contributed by atoms with Gasteiger partial charge in [-0.05, 0) is 24.6 Å². The van der Waals surface area contributed by atoms with Gasteiger partial charge in [0.2, 0.25) is 5.91 Å². The van der Waals surface area contributed by atoms with Crippen LogP contribution < -0.4 is 16.4 Å². The van der Waals surface area contributed by atoms with Crippen LogP contribution in [0.1, 0.15) is 20.3 Å². The van der Waals surface area contributed by atoms with Crippen molar-refractivity contribution in [1.29, 1.82) is 0 Å². The lowest BCUT2D eigenvalue weighted by molar-refractivity contribution is -0.138. The smallest absolute Gasteiger partial charge is 0.320 e. The summed E-state index contributed by atoms with van der Waals surface area (Å²) in [6.45, 7) is 4.23. The maximum Gasteiger partial charge on any atom is 0.320 e. The Morgan fingerprint density at radius 3 is 2.31 bits per heavy atom. The summed E-state index contributed by atoms with van der Waals surface area (Å²) in [4.78, 5) is 20.3. The van der Waals surface area contributed by atoms with Crippen molar-refractivity contribution in [1.82, 2.24) is 10.6 Å². The van der Waals surface area contributed by atoms with Crippen molar-refractivity contribution in [3.8, 4) is 0 Å². The highest BCUT2D eigenvalue weighted by Gasteiger charge is 2.12. The highest BCUT2D eigenvalue weighted by atomic mass is 32.1. The zero-order chi connectivity index (χ0) is 12.7. The molecule has 1 amide bonds. The molecule has 0 aromatic heterocycles. The van der Waals surface area contributed by atoms with Crippen LogP contribution in [0.3, 0.4) is 0 Å². The van der Waals surface area contributed by atoms with Crippen molar-refractivity contribution in [2.75, 3.05) is 6.54 Å². The fraction of sp³-hybridized carbons (Fsp3) is 0.667. The number of amides is 1. The Morgan fingerprint density at radius 2 is 2.19 bits per heavy atom. The molecule has 0 aromatic carbocycles. The largest absolute Gasteiger partial charge is 0.480 e. The highest BCUT2D eigenvalue weighted by molar-refractivity contribution is 7.80. The van der Waals surface area contributed by atoms with Crippen molar-refractivity contribution < 1.29 is 14.7 Å². The Bertz CT molecular complexity index is 267. The lowest BCUT2D eigenvalue weighted by Crippen LogP contribution is -2.31. The average molecular weight is 247 g/mol. The molecule has 0 saturated carbocycles. The summed E-state index contributed by atoms with van der Waals surface area (Å²) in [5, 5.41) is 13.8. The summed E-state index contributed by atoms with van der Waals surface area (Å²) in [6.07, 6.45) is 0.551. The molecule has 5 N–H and O–H groups in total. The van der Waals surface area contributed by atoms with Crippen LogP contribution in [0.4, 0.5) is 0 Å². The summed E-state index contributed by atoms with van der Waals surface area (Å²) in [5.41, 5.74) is 5.22. The summed E-state index contributed by atoms with van der Waals surface area (Å²) in [7, 11) is 0. The van der Waals surface area contributed by atoms with E-state index in [1.165, 1.54) is 0 Å². The number of carboxylic acids is 1. The first-order valence-electron chi connectivity index (χ1n) is 4.89. The predicted molar refractivity (Wildman–Crippen MR) is 63.8 cm³/mol. The molecule has 0 radical (unpaired) electrons. The lowest BCUT2D eigenvalue weighted by Gasteiger charge is -2.07. The Kier molecular flexibility index (Phi) is 6.59. The van der Waals surface area contributed by atoms with Gasteiger partial charge in [-0.25, -0.2) is 0 Å². The second kappa shape index (κ2) is 7.13. The SMILES string of the molecule is CC(C)CC(N)C(=O)O.O=C1CNC(=S)N1. The van der Waals surface area contributed by atoms with Crippen molar-refractivity contribution in [3.63, 3.8) is 0 Å². The van der Waals surface area contributed by atoms with Crippen molar-refractivity contribution >= 4 is 29.2 Å². The van der Waals surface area contributed by atoms with E-state index in [0.717, 1.165) is 0 Å². The van der Waals surface area contributed by atoms with Crippen molar-refractivity contribution in [2.24, 2.45) is 11.7 Å². The molecule has 6 nitrogen and oxygen atoms in total. The van der Waals surface area contributed by atoms with Crippen LogP contribution in [0.5, 0.6) is 0 Å². The van der Waals surface area contributed by atoms with Gasteiger partial charge in [0.25, 0.3) is 0 Å². The first kappa shape index (κ1) is 14.8. The number of hydrogen-bond acceptors (Lipinski definition) is 4. The van der Waals surface area contributed by atoms with E-state index in [2.05, 4.69) is 22.9 Å². The third-order valence-electron chi connectivity index (χ3n) is 1.70. The third kappa shape index (κ3) is 7.13. The molecule has 1 unspecified atom stereocenters. The van der Waals surface area contributed by atoms with Crippen LogP contribution in [0, 0.1) is 5.92 Å². The van der Waals surface area contributed by atoms with E-state index in [9.17, 15) is 9.59 Å². The molecule has 0 aromatic rings. The van der Waals surface area contributed by atoms with E-state index in [1.807, 2.05) is 13.8 Å². The molecule has 92 valence electrons. The normalized spacial score (nSPS) is 16.0. The minimum Gasteiger partial charge on any atom is -0.480 e. The van der Waals surface area contributed by atoms with Gasteiger partial charge in [-0.2, -0.15) is 0 Å². The standard InChI is InChI=1S/C6H13NO2.C3H4N2OS/c1-4(2)3-5(7)6(8)9;6-2-1-4-3(7)5-2/h4-5H,3,7H2,1-2H3,(H,8,9);1H2,(H2,4,5,6,7). The molecule has 7 heteroatoms. The Balaban J connectivity index is 0.000000288. The predicted octanol–water partition coefficient (Wildman–Crippen LogP) is -0.565. The van der Waals surface area contributed by atoms with Gasteiger partial charge in [0, 0.05) is 0 Å². The molecule has 1 aliphatic rings. The Morgan fingerprint density at radius 1 is 1.62 bits per heavy atom. The van der Waals surface area contributed by atoms with Gasteiger partial charge >= 0.3 is 5.97 Å². The molecule has 1 aliphatic heterocycles. The molecule has 0 aliphatic carbocycles. The molecule has 1 rings (SSSR count). The number of nitrogens with one attached hydrogen (secondary N) is 2. The third-order valence-corrected chi connectivity index (χ3v) is 1.95. The number of rotatable bonds is 3. The fourth-order valence-corrected chi connectivity index (χ4v) is 1.17. The summed E-state index contributed by atoms with van der Waals surface area (Å²) in [6, 6.07) is -0.690. The van der Waals surface area contributed by atoms with Crippen LogP contribution in [0.2, 0.25) is 0 Å². The van der Waals surface area contributed by atoms with E-state index in [-0.39, 0.29) is 5.91 Å². The number of carbonyl (C=O) groups is 2. The number of carbonyl (C=O) groups excluding carboxylic acids is 1. The van der Waals surface area contributed by atoms with Crippen LogP contribution in [-0.4, -0.2) is 34.7 Å². The lowest BCUT2D eigenvalue weighted by atomic mass is 10.1. The first-order valence-corrected chi connectivity index (χ1v) is 5.29. The molecular formula is C9H17N3O3S. The first-order chi connectivity index (χ1) is 7.32. The van der Waals surface area contributed by atoms with E-state index in [1.54, 1.807) is 0 Å². The molecule has 16 heavy (non-hydrogen) atoms. The molecule has 1 atom stereocenters. The highest BCUT2D eigenvalue weighted by Crippen LogP contribution is 2.01. The van der Waals surface area contributed by atoms with Gasteiger partial charge in [0.05, 0.1) is 6.54 Å². The number of aliphatic carboxylic acids is 1. The van der Waals surface area contributed by atoms with E-state index >= 15 is 0 Å². The quantitative estimate of drug-likeness (QED) is 0.498. The van der Waals surface area contributed by atoms with E-state index in [0.29, 0.717) is 24.0 Å². The summed E-state index contributed by atoms with van der Waals surface area (Å²) >= 11 is 4.55. The van der Waals surface area contributed by atoms with E-state index in [4.69, 9.17) is 10.8 Å². The number of carboxylic acid groups (broad SMARTS) is 1. The van der Waals surface area contributed by atoms with Crippen LogP contribution in [-0.2, 0) is 9.59 Å². The second-order valence-corrected chi connectivity index (χ2v) is 4.21. The maximum atomic E-state index is 10.2. The zero-order valence-electron chi connectivity index (χ0n) is 9.32. The monoisotopic (exact) mass is 247 g/mol. The molecule has 0 spiro atoms. The molecule has 1 fully saturated rings. The van der Waals surface area contributed by atoms with Crippen molar-refractivity contribution in [3.05, 3.63) is 0 Å². The Hall–Kier alpha value is -1.21. The van der Waals surface area contributed by atoms with Crippen LogP contribution in [0.15, 0.2) is 0 Å². The molecular weight excluding hydrogens is 230 g/mol. The zero-order valence-corrected chi connectivity index (χ0v) is 10.1. The van der Waals surface area contributed by atoms with Crippen LogP contribution in [0.25, 0.3) is 0 Å². The molecule has 0 bridgehead atoms. The summed E-state index contributed by atoms with van der Waals surface area (Å²) < 4.78 is 0. The van der Waals surface area contributed by atoms with Crippen molar-refractivity contribution in [2.45, 2.75) is 26.3 Å². The maximum absolute atomic E-state index is 10.2. The second-order valence-electron chi connectivity index (χ2n) is 3.81. The van der Waals surface area contributed by atoms with Gasteiger partial charge in [-0.3, -0.25) is 9.59 Å². The minimum atomic E-state index is -0.913. The van der Waals surface area contributed by atoms with Gasteiger partial charge in [0.15, 0.2) is 5.11 Å². The minimum absolute atomic E-state index is 0.0509. The van der Waals surface area contributed by atoms with Crippen LogP contribution >= 0.6 is 12.2 Å². The number of hydrogen-bond donors (Lipinski definition) is 4. The van der Waals surface area contributed by atoms with E-state index < -0.39 is 12.0 Å². The Labute approximate surface area is 99.6 Å². The average Bonchev–Trinajstić information content (AvgIpc) is 2.49. The van der Waals surface area contributed by atoms with Gasteiger partial charge in [-0.1, -0.05) is 13.8 Å². The number of thiocarbonyl (C=S) groups is 1. The summed E-state index contributed by atoms with van der Waals surface area (Å²) in [5.74, 6) is -0.607. The van der Waals surface area contributed by atoms with Gasteiger partial charge < -0.3 is 21.5 Å².